The summed E-state index contributed by atoms with van der Waals surface area (Å²) in [7, 11) is 0. The fourth-order valence-corrected chi connectivity index (χ4v) is 0.967. The van der Waals surface area contributed by atoms with Crippen molar-refractivity contribution in [2.45, 2.75) is 6.18 Å². The van der Waals surface area contributed by atoms with Crippen molar-refractivity contribution in [3.05, 3.63) is 23.5 Å². The van der Waals surface area contributed by atoms with Crippen molar-refractivity contribution >= 4 is 11.6 Å². The molecule has 4 nitrogen and oxygen atoms in total. The Bertz CT molecular complexity index is 375. The molecule has 0 saturated heterocycles. The van der Waals surface area contributed by atoms with Gasteiger partial charge in [-0.1, -0.05) is 0 Å². The van der Waals surface area contributed by atoms with Crippen LogP contribution in [-0.4, -0.2) is 10.9 Å². The van der Waals surface area contributed by atoms with Gasteiger partial charge in [0.05, 0.1) is 23.0 Å². The molecule has 0 unspecified atom stereocenters. The standard InChI is InChI=1S/C7H6F3N3O/c8-7(9,10)3-1-13-2-4(11)5(3)6(12)14/h1-2H,11H2,(H2,12,14). The first-order valence-electron chi connectivity index (χ1n) is 3.44. The number of halogens is 3. The normalized spacial score (nSPS) is 11.4. The van der Waals surface area contributed by atoms with E-state index in [0.29, 0.717) is 6.20 Å². The number of amides is 1. The Labute approximate surface area is 76.7 Å². The first-order valence-corrected chi connectivity index (χ1v) is 3.44. The quantitative estimate of drug-likeness (QED) is 0.710. The number of alkyl halides is 3. The summed E-state index contributed by atoms with van der Waals surface area (Å²) in [6.45, 7) is 0. The molecule has 0 radical (unpaired) electrons. The predicted octanol–water partition coefficient (Wildman–Crippen LogP) is 0.781. The number of aromatic nitrogens is 1. The van der Waals surface area contributed by atoms with Crippen LogP contribution in [0.15, 0.2) is 12.4 Å². The average molecular weight is 205 g/mol. The highest BCUT2D eigenvalue weighted by Gasteiger charge is 2.36. The van der Waals surface area contributed by atoms with Gasteiger partial charge in [0.15, 0.2) is 0 Å². The Morgan fingerprint density at radius 3 is 2.29 bits per heavy atom. The zero-order valence-corrected chi connectivity index (χ0v) is 6.80. The number of carbonyl (C=O) groups is 1. The van der Waals surface area contributed by atoms with Crippen LogP contribution in [0.5, 0.6) is 0 Å². The number of nitrogens with two attached hydrogens (primary N) is 2. The number of carbonyl (C=O) groups excluding carboxylic acids is 1. The molecule has 14 heavy (non-hydrogen) atoms. The maximum Gasteiger partial charge on any atom is 0.418 e. The molecule has 1 aromatic heterocycles. The lowest BCUT2D eigenvalue weighted by molar-refractivity contribution is -0.138. The highest BCUT2D eigenvalue weighted by Crippen LogP contribution is 2.33. The van der Waals surface area contributed by atoms with Crippen molar-refractivity contribution in [3.63, 3.8) is 0 Å². The van der Waals surface area contributed by atoms with Crippen molar-refractivity contribution < 1.29 is 18.0 Å². The second-order valence-corrected chi connectivity index (χ2v) is 2.51. The van der Waals surface area contributed by atoms with Crippen LogP contribution in [0.4, 0.5) is 18.9 Å². The van der Waals surface area contributed by atoms with E-state index in [2.05, 4.69) is 4.98 Å². The van der Waals surface area contributed by atoms with Gasteiger partial charge in [-0.15, -0.1) is 0 Å². The van der Waals surface area contributed by atoms with Crippen LogP contribution in [0.3, 0.4) is 0 Å². The number of pyridine rings is 1. The number of nitrogens with zero attached hydrogens (tertiary/aromatic N) is 1. The van der Waals surface area contributed by atoms with Crippen molar-refractivity contribution in [2.24, 2.45) is 5.73 Å². The third kappa shape index (κ3) is 1.76. The third-order valence-electron chi connectivity index (χ3n) is 1.53. The second-order valence-electron chi connectivity index (χ2n) is 2.51. The van der Waals surface area contributed by atoms with E-state index in [1.54, 1.807) is 0 Å². The van der Waals surface area contributed by atoms with E-state index in [4.69, 9.17) is 11.5 Å². The molecule has 0 fully saturated rings. The van der Waals surface area contributed by atoms with Gasteiger partial charge in [-0.25, -0.2) is 0 Å². The fourth-order valence-electron chi connectivity index (χ4n) is 0.967. The zero-order valence-electron chi connectivity index (χ0n) is 6.80. The van der Waals surface area contributed by atoms with E-state index in [9.17, 15) is 18.0 Å². The van der Waals surface area contributed by atoms with E-state index in [1.807, 2.05) is 0 Å². The molecular formula is C7H6F3N3O. The molecule has 0 aliphatic rings. The van der Waals surface area contributed by atoms with Gasteiger partial charge >= 0.3 is 6.18 Å². The summed E-state index contributed by atoms with van der Waals surface area (Å²) >= 11 is 0. The molecule has 0 bridgehead atoms. The molecule has 4 N–H and O–H groups in total. The van der Waals surface area contributed by atoms with Gasteiger partial charge in [-0.3, -0.25) is 9.78 Å². The average Bonchev–Trinajstić information content (AvgIpc) is 2.01. The van der Waals surface area contributed by atoms with Crippen LogP contribution in [0.2, 0.25) is 0 Å². The Morgan fingerprint density at radius 1 is 1.36 bits per heavy atom. The SMILES string of the molecule is NC(=O)c1c(N)cncc1C(F)(F)F. The molecule has 7 heteroatoms. The van der Waals surface area contributed by atoms with E-state index < -0.39 is 23.2 Å². The Morgan fingerprint density at radius 2 is 1.93 bits per heavy atom. The highest BCUT2D eigenvalue weighted by atomic mass is 19.4. The van der Waals surface area contributed by atoms with Crippen LogP contribution in [0, 0.1) is 0 Å². The van der Waals surface area contributed by atoms with Gasteiger partial charge in [-0.2, -0.15) is 13.2 Å². The number of hydrogen-bond donors (Lipinski definition) is 2. The van der Waals surface area contributed by atoms with Crippen LogP contribution in [0.1, 0.15) is 15.9 Å². The lowest BCUT2D eigenvalue weighted by Crippen LogP contribution is -2.21. The fraction of sp³-hybridized carbons (Fsp3) is 0.143. The molecule has 1 heterocycles. The third-order valence-corrected chi connectivity index (χ3v) is 1.53. The molecule has 0 aromatic carbocycles. The second kappa shape index (κ2) is 3.17. The van der Waals surface area contributed by atoms with E-state index in [0.717, 1.165) is 6.20 Å². The summed E-state index contributed by atoms with van der Waals surface area (Å²) < 4.78 is 36.9. The molecule has 0 spiro atoms. The van der Waals surface area contributed by atoms with Crippen molar-refractivity contribution in [2.75, 3.05) is 5.73 Å². The van der Waals surface area contributed by atoms with Gasteiger partial charge in [0.25, 0.3) is 5.91 Å². The minimum Gasteiger partial charge on any atom is -0.397 e. The summed E-state index contributed by atoms with van der Waals surface area (Å²) in [4.78, 5) is 13.9. The summed E-state index contributed by atoms with van der Waals surface area (Å²) in [5.41, 5.74) is 7.58. The van der Waals surface area contributed by atoms with Crippen LogP contribution >= 0.6 is 0 Å². The molecular weight excluding hydrogens is 199 g/mol. The zero-order chi connectivity index (χ0) is 10.9. The molecule has 0 aliphatic heterocycles. The molecule has 1 rings (SSSR count). The summed E-state index contributed by atoms with van der Waals surface area (Å²) in [5.74, 6) is -1.22. The van der Waals surface area contributed by atoms with Crippen molar-refractivity contribution in [1.82, 2.24) is 4.98 Å². The van der Waals surface area contributed by atoms with E-state index >= 15 is 0 Å². The minimum absolute atomic E-state index is 0.382. The first-order chi connectivity index (χ1) is 6.34. The van der Waals surface area contributed by atoms with Crippen LogP contribution in [0.25, 0.3) is 0 Å². The maximum atomic E-state index is 12.3. The van der Waals surface area contributed by atoms with Crippen molar-refractivity contribution in [1.29, 1.82) is 0 Å². The Hall–Kier alpha value is -1.79. The Kier molecular flexibility index (Phi) is 2.33. The van der Waals surface area contributed by atoms with Gasteiger partial charge in [0.2, 0.25) is 0 Å². The molecule has 0 aliphatic carbocycles. The molecule has 0 saturated carbocycles. The Balaban J connectivity index is 3.44. The topological polar surface area (TPSA) is 82.0 Å². The van der Waals surface area contributed by atoms with Gasteiger partial charge in [-0.05, 0) is 0 Å². The lowest BCUT2D eigenvalue weighted by Gasteiger charge is -2.11. The van der Waals surface area contributed by atoms with Gasteiger partial charge < -0.3 is 11.5 Å². The number of nitrogen functional groups attached to an aromatic ring is 1. The molecule has 1 amide bonds. The highest BCUT2D eigenvalue weighted by molar-refractivity contribution is 5.99. The molecule has 76 valence electrons. The number of rotatable bonds is 1. The number of hydrogen-bond acceptors (Lipinski definition) is 3. The van der Waals surface area contributed by atoms with Crippen molar-refractivity contribution in [3.8, 4) is 0 Å². The summed E-state index contributed by atoms with van der Waals surface area (Å²) in [6.07, 6.45) is -3.24. The predicted molar refractivity (Wildman–Crippen MR) is 42.2 cm³/mol. The monoisotopic (exact) mass is 205 g/mol. The van der Waals surface area contributed by atoms with Crippen LogP contribution < -0.4 is 11.5 Å². The molecule has 1 aromatic rings. The lowest BCUT2D eigenvalue weighted by atomic mass is 10.1. The largest absolute Gasteiger partial charge is 0.418 e. The maximum absolute atomic E-state index is 12.3. The van der Waals surface area contributed by atoms with Gasteiger partial charge in [0.1, 0.15) is 0 Å². The summed E-state index contributed by atoms with van der Waals surface area (Å²) in [6, 6.07) is 0. The minimum atomic E-state index is -4.69. The smallest absolute Gasteiger partial charge is 0.397 e. The van der Waals surface area contributed by atoms with Crippen LogP contribution in [-0.2, 0) is 6.18 Å². The first kappa shape index (κ1) is 10.3. The number of primary amides is 1. The summed E-state index contributed by atoms with van der Waals surface area (Å²) in [5, 5.41) is 0. The number of anilines is 1. The molecule has 0 atom stereocenters. The van der Waals surface area contributed by atoms with E-state index in [1.165, 1.54) is 0 Å². The van der Waals surface area contributed by atoms with E-state index in [-0.39, 0.29) is 5.69 Å². The van der Waals surface area contributed by atoms with Gasteiger partial charge in [0, 0.05) is 6.20 Å².